The van der Waals surface area contributed by atoms with Crippen LogP contribution in [-0.4, -0.2) is 49.4 Å². The topological polar surface area (TPSA) is 73.8 Å². The van der Waals surface area contributed by atoms with Crippen molar-refractivity contribution in [2.24, 2.45) is 28.7 Å². The number of fused-ring (bicyclic) bond motifs is 5. The number of guanidine groups is 1. The van der Waals surface area contributed by atoms with E-state index in [1.807, 2.05) is 0 Å². The van der Waals surface area contributed by atoms with Gasteiger partial charge in [-0.15, -0.1) is 0 Å². The Balaban J connectivity index is 1.20. The predicted octanol–water partition coefficient (Wildman–Crippen LogP) is 2.46. The van der Waals surface area contributed by atoms with Gasteiger partial charge >= 0.3 is 0 Å². The molecule has 2 aliphatic carbocycles. The highest BCUT2D eigenvalue weighted by Crippen LogP contribution is 2.52. The summed E-state index contributed by atoms with van der Waals surface area (Å²) in [4.78, 5) is 31.2. The lowest BCUT2D eigenvalue weighted by atomic mass is 9.85. The highest BCUT2D eigenvalue weighted by Gasteiger charge is 2.58. The van der Waals surface area contributed by atoms with Crippen LogP contribution in [0.15, 0.2) is 41.4 Å². The van der Waals surface area contributed by atoms with Crippen molar-refractivity contribution in [1.29, 1.82) is 0 Å². The Labute approximate surface area is 178 Å². The molecule has 1 saturated carbocycles. The monoisotopic (exact) mass is 408 g/mol. The minimum Gasteiger partial charge on any atom is -0.356 e. The molecule has 1 saturated heterocycles. The minimum atomic E-state index is -0.0991. The molecule has 6 heteroatoms. The molecule has 2 N–H and O–H groups in total. The fourth-order valence-corrected chi connectivity index (χ4v) is 5.19. The molecule has 5 unspecified atom stereocenters. The van der Waals surface area contributed by atoms with Crippen LogP contribution in [0.5, 0.6) is 0 Å². The number of nitrogens with one attached hydrogen (secondary N) is 2. The number of likely N-dealkylation sites (tertiary alicyclic amines) is 1. The zero-order chi connectivity index (χ0) is 21.3. The van der Waals surface area contributed by atoms with Crippen molar-refractivity contribution in [2.75, 3.05) is 26.7 Å². The van der Waals surface area contributed by atoms with Gasteiger partial charge in [-0.2, -0.15) is 0 Å². The van der Waals surface area contributed by atoms with Gasteiger partial charge in [-0.05, 0) is 43.1 Å². The van der Waals surface area contributed by atoms with Crippen LogP contribution in [-0.2, 0) is 9.59 Å². The van der Waals surface area contributed by atoms with Crippen LogP contribution in [0.4, 0.5) is 0 Å². The van der Waals surface area contributed by atoms with Gasteiger partial charge in [0, 0.05) is 26.7 Å². The smallest absolute Gasteiger partial charge is 0.233 e. The lowest BCUT2D eigenvalue weighted by Crippen LogP contribution is -2.41. The number of allylic oxidation sites excluding steroid dienone is 2. The van der Waals surface area contributed by atoms with Crippen molar-refractivity contribution in [3.63, 3.8) is 0 Å². The Morgan fingerprint density at radius 3 is 2.50 bits per heavy atom. The molecule has 0 aromatic heterocycles. The first-order valence-electron chi connectivity index (χ1n) is 11.0. The molecule has 1 aromatic carbocycles. The van der Waals surface area contributed by atoms with Crippen LogP contribution in [0.25, 0.3) is 0 Å². The average molecular weight is 409 g/mol. The highest BCUT2D eigenvalue weighted by atomic mass is 16.2. The summed E-state index contributed by atoms with van der Waals surface area (Å²) < 4.78 is 0. The van der Waals surface area contributed by atoms with E-state index in [0.29, 0.717) is 25.4 Å². The zero-order valence-corrected chi connectivity index (χ0v) is 18.1. The predicted molar refractivity (Wildman–Crippen MR) is 118 cm³/mol. The highest BCUT2D eigenvalue weighted by molar-refractivity contribution is 6.06. The first kappa shape index (κ1) is 20.6. The number of hydrogen-bond donors (Lipinski definition) is 2. The summed E-state index contributed by atoms with van der Waals surface area (Å²) in [6.07, 6.45) is 5.96. The van der Waals surface area contributed by atoms with Crippen LogP contribution >= 0.6 is 0 Å². The summed E-state index contributed by atoms with van der Waals surface area (Å²) in [7, 11) is 1.75. The van der Waals surface area contributed by atoms with E-state index in [-0.39, 0.29) is 35.5 Å². The first-order valence-corrected chi connectivity index (χ1v) is 11.0. The van der Waals surface area contributed by atoms with Crippen molar-refractivity contribution in [3.05, 3.63) is 47.5 Å². The SMILES string of the molecule is CN=C(NCCCN1C(=O)C2C3C=CC(C3)C2C1=O)NCC(C)c1cccc(C)c1. The third-order valence-electron chi connectivity index (χ3n) is 6.82. The van der Waals surface area contributed by atoms with Gasteiger partial charge in [-0.25, -0.2) is 0 Å². The van der Waals surface area contributed by atoms with Crippen molar-refractivity contribution in [1.82, 2.24) is 15.5 Å². The molecule has 3 aliphatic rings. The third-order valence-corrected chi connectivity index (χ3v) is 6.82. The zero-order valence-electron chi connectivity index (χ0n) is 18.1. The number of aryl methyl sites for hydroxylation is 1. The quantitative estimate of drug-likeness (QED) is 0.239. The van der Waals surface area contributed by atoms with Gasteiger partial charge in [-0.1, -0.05) is 48.9 Å². The molecule has 6 nitrogen and oxygen atoms in total. The molecule has 160 valence electrons. The Bertz CT molecular complexity index is 848. The molecule has 1 aliphatic heterocycles. The van der Waals surface area contributed by atoms with Crippen LogP contribution in [0.3, 0.4) is 0 Å². The maximum absolute atomic E-state index is 12.7. The maximum Gasteiger partial charge on any atom is 0.233 e. The van der Waals surface area contributed by atoms with Crippen molar-refractivity contribution in [3.8, 4) is 0 Å². The lowest BCUT2D eigenvalue weighted by molar-refractivity contribution is -0.140. The van der Waals surface area contributed by atoms with Crippen molar-refractivity contribution < 1.29 is 9.59 Å². The summed E-state index contributed by atoms with van der Waals surface area (Å²) >= 11 is 0. The number of benzene rings is 1. The third kappa shape index (κ3) is 3.87. The van der Waals surface area contributed by atoms with E-state index in [0.717, 1.165) is 18.9 Å². The molecule has 5 atom stereocenters. The summed E-state index contributed by atoms with van der Waals surface area (Å²) in [6.45, 7) is 6.22. The van der Waals surface area contributed by atoms with Crippen LogP contribution in [0.2, 0.25) is 0 Å². The molecular weight excluding hydrogens is 376 g/mol. The number of imide groups is 1. The molecule has 2 amide bonds. The van der Waals surface area contributed by atoms with Crippen molar-refractivity contribution >= 4 is 17.8 Å². The van der Waals surface area contributed by atoms with E-state index in [9.17, 15) is 9.59 Å². The lowest BCUT2D eigenvalue weighted by Gasteiger charge is -2.19. The largest absolute Gasteiger partial charge is 0.356 e. The van der Waals surface area contributed by atoms with E-state index in [1.54, 1.807) is 7.05 Å². The Kier molecular flexibility index (Phi) is 5.93. The Hall–Kier alpha value is -2.63. The van der Waals surface area contributed by atoms with Crippen LogP contribution in [0.1, 0.15) is 36.8 Å². The summed E-state index contributed by atoms with van der Waals surface area (Å²) in [5.41, 5.74) is 2.57. The molecule has 1 aromatic rings. The summed E-state index contributed by atoms with van der Waals surface area (Å²) in [5, 5.41) is 6.67. The van der Waals surface area contributed by atoms with E-state index >= 15 is 0 Å². The number of carbonyl (C=O) groups is 2. The van der Waals surface area contributed by atoms with E-state index < -0.39 is 0 Å². The molecule has 1 heterocycles. The second kappa shape index (κ2) is 8.62. The van der Waals surface area contributed by atoms with Crippen LogP contribution < -0.4 is 10.6 Å². The number of hydrogen-bond acceptors (Lipinski definition) is 3. The number of nitrogens with zero attached hydrogens (tertiary/aromatic N) is 2. The molecular formula is C24H32N4O2. The van der Waals surface area contributed by atoms with E-state index in [1.165, 1.54) is 16.0 Å². The fraction of sp³-hybridized carbons (Fsp3) is 0.542. The minimum absolute atomic E-state index is 0.0383. The van der Waals surface area contributed by atoms with Gasteiger partial charge in [0.15, 0.2) is 5.96 Å². The van der Waals surface area contributed by atoms with Crippen molar-refractivity contribution in [2.45, 2.75) is 32.6 Å². The van der Waals surface area contributed by atoms with E-state index in [4.69, 9.17) is 0 Å². The number of aliphatic imine (C=N–C) groups is 1. The molecule has 0 radical (unpaired) electrons. The van der Waals surface area contributed by atoms with Crippen LogP contribution in [0, 0.1) is 30.6 Å². The molecule has 30 heavy (non-hydrogen) atoms. The van der Waals surface area contributed by atoms with Gasteiger partial charge in [0.1, 0.15) is 0 Å². The van der Waals surface area contributed by atoms with E-state index in [2.05, 4.69) is 65.9 Å². The second-order valence-electron chi connectivity index (χ2n) is 8.88. The number of rotatable bonds is 7. The average Bonchev–Trinajstić information content (AvgIpc) is 3.42. The second-order valence-corrected chi connectivity index (χ2v) is 8.88. The summed E-state index contributed by atoms with van der Waals surface area (Å²) in [6, 6.07) is 8.56. The maximum atomic E-state index is 12.7. The molecule has 4 rings (SSSR count). The Morgan fingerprint density at radius 1 is 1.17 bits per heavy atom. The molecule has 2 bridgehead atoms. The number of carbonyl (C=O) groups excluding carboxylic acids is 2. The fourth-order valence-electron chi connectivity index (χ4n) is 5.19. The van der Waals surface area contributed by atoms with Gasteiger partial charge < -0.3 is 10.6 Å². The number of amides is 2. The first-order chi connectivity index (χ1) is 14.5. The van der Waals surface area contributed by atoms with Gasteiger partial charge in [-0.3, -0.25) is 19.5 Å². The normalized spacial score (nSPS) is 28.2. The molecule has 2 fully saturated rings. The molecule has 0 spiro atoms. The van der Waals surface area contributed by atoms with Gasteiger partial charge in [0.25, 0.3) is 0 Å². The summed E-state index contributed by atoms with van der Waals surface area (Å²) in [5.74, 6) is 1.54. The van der Waals surface area contributed by atoms with Gasteiger partial charge in [0.05, 0.1) is 11.8 Å². The Morgan fingerprint density at radius 2 is 1.87 bits per heavy atom. The standard InChI is InChI=1S/C24H32N4O2/c1-15-6-4-7-17(12-15)16(2)14-27-24(25-3)26-10-5-11-28-22(29)20-18-8-9-19(13-18)21(20)23(28)30/h4,6-9,12,16,18-21H,5,10-11,13-14H2,1-3H3,(H2,25,26,27). The van der Waals surface area contributed by atoms with Gasteiger partial charge in [0.2, 0.25) is 11.8 Å².